The molecule has 0 unspecified atom stereocenters. The van der Waals surface area contributed by atoms with E-state index in [-0.39, 0.29) is 30.1 Å². The van der Waals surface area contributed by atoms with Gasteiger partial charge in [0.05, 0.1) is 30.1 Å². The van der Waals surface area contributed by atoms with E-state index >= 15 is 0 Å². The van der Waals surface area contributed by atoms with Crippen molar-refractivity contribution in [3.8, 4) is 0 Å². The lowest BCUT2D eigenvalue weighted by molar-refractivity contribution is 0.0443. The predicted octanol–water partition coefficient (Wildman–Crippen LogP) is 3.83. The molecular weight excluding hydrogens is 375 g/mol. The van der Waals surface area contributed by atoms with Crippen LogP contribution in [0.15, 0.2) is 8.95 Å². The summed E-state index contributed by atoms with van der Waals surface area (Å²) in [6, 6.07) is 0. The lowest BCUT2D eigenvalue weighted by Crippen LogP contribution is -1.97. The number of rotatable bonds is 0. The van der Waals surface area contributed by atoms with Crippen LogP contribution in [0, 0.1) is 0 Å². The molecule has 0 saturated carbocycles. The minimum absolute atomic E-state index is 0.0984. The first kappa shape index (κ1) is 11.4. The highest BCUT2D eigenvalue weighted by Crippen LogP contribution is 2.44. The highest BCUT2D eigenvalue weighted by atomic mass is 79.9. The van der Waals surface area contributed by atoms with Gasteiger partial charge in [0.1, 0.15) is 0 Å². The van der Waals surface area contributed by atoms with Gasteiger partial charge in [-0.1, -0.05) is 23.2 Å². The second-order valence-corrected chi connectivity index (χ2v) is 5.02. The van der Waals surface area contributed by atoms with Crippen LogP contribution in [0.5, 0.6) is 0 Å². The van der Waals surface area contributed by atoms with Gasteiger partial charge in [0.25, 0.3) is 0 Å². The number of carbonyl (C=O) groups is 2. The van der Waals surface area contributed by atoms with E-state index in [9.17, 15) is 9.59 Å². The molecule has 1 aromatic carbocycles. The van der Waals surface area contributed by atoms with Gasteiger partial charge >= 0.3 is 11.9 Å². The summed E-state index contributed by atoms with van der Waals surface area (Å²) in [5.41, 5.74) is 0.197. The highest BCUT2D eigenvalue weighted by Gasteiger charge is 2.37. The summed E-state index contributed by atoms with van der Waals surface area (Å²) < 4.78 is 4.98. The molecule has 0 aliphatic carbocycles. The van der Waals surface area contributed by atoms with Crippen molar-refractivity contribution in [1.82, 2.24) is 0 Å². The number of ether oxygens (including phenoxy) is 1. The molecule has 0 atom stereocenters. The zero-order valence-electron chi connectivity index (χ0n) is 6.74. The van der Waals surface area contributed by atoms with E-state index in [0.717, 1.165) is 0 Å². The first-order valence-electron chi connectivity index (χ1n) is 3.57. The van der Waals surface area contributed by atoms with E-state index in [2.05, 4.69) is 36.6 Å². The van der Waals surface area contributed by atoms with E-state index in [1.165, 1.54) is 0 Å². The SMILES string of the molecule is O=C1OC(=O)c2c(Br)c(Cl)c(Cl)c(Br)c21. The summed E-state index contributed by atoms with van der Waals surface area (Å²) in [5, 5.41) is 0.322. The number of cyclic esters (lactones) is 2. The van der Waals surface area contributed by atoms with E-state index in [0.29, 0.717) is 0 Å². The van der Waals surface area contributed by atoms with Crippen molar-refractivity contribution in [3.05, 3.63) is 30.1 Å². The van der Waals surface area contributed by atoms with Crippen molar-refractivity contribution in [2.24, 2.45) is 0 Å². The van der Waals surface area contributed by atoms with Crippen LogP contribution in [0.3, 0.4) is 0 Å². The van der Waals surface area contributed by atoms with Crippen LogP contribution >= 0.6 is 55.1 Å². The second-order valence-electron chi connectivity index (χ2n) is 2.68. The summed E-state index contributed by atoms with van der Waals surface area (Å²) in [6.07, 6.45) is 0. The number of hydrogen-bond donors (Lipinski definition) is 0. The molecule has 0 N–H and O–H groups in total. The summed E-state index contributed by atoms with van der Waals surface area (Å²) in [4.78, 5) is 22.6. The minimum atomic E-state index is -0.735. The summed E-state index contributed by atoms with van der Waals surface area (Å²) >= 11 is 17.9. The molecule has 0 spiro atoms. The van der Waals surface area contributed by atoms with Crippen molar-refractivity contribution in [2.45, 2.75) is 0 Å². The Morgan fingerprint density at radius 3 is 1.53 bits per heavy atom. The van der Waals surface area contributed by atoms with Crippen LogP contribution in [0.2, 0.25) is 10.0 Å². The number of carbonyl (C=O) groups excluding carboxylic acids is 2. The van der Waals surface area contributed by atoms with Crippen LogP contribution in [0.25, 0.3) is 0 Å². The molecule has 0 amide bonds. The van der Waals surface area contributed by atoms with Crippen LogP contribution in [-0.2, 0) is 4.74 Å². The fourth-order valence-electron chi connectivity index (χ4n) is 1.20. The molecule has 1 aromatic rings. The van der Waals surface area contributed by atoms with Crippen molar-refractivity contribution >= 4 is 67.0 Å². The zero-order chi connectivity index (χ0) is 11.3. The third-order valence-electron chi connectivity index (χ3n) is 1.86. The molecule has 0 radical (unpaired) electrons. The maximum atomic E-state index is 11.3. The average Bonchev–Trinajstić information content (AvgIpc) is 2.47. The normalized spacial score (nSPS) is 14.1. The number of benzene rings is 1. The van der Waals surface area contributed by atoms with Crippen LogP contribution in [0.1, 0.15) is 20.7 Å². The average molecular weight is 375 g/mol. The Bertz CT molecular complexity index is 468. The Morgan fingerprint density at radius 2 is 1.20 bits per heavy atom. The predicted molar refractivity (Wildman–Crippen MR) is 61.6 cm³/mol. The molecule has 2 rings (SSSR count). The molecule has 78 valence electrons. The Hall–Kier alpha value is -0.100. The van der Waals surface area contributed by atoms with Crippen LogP contribution in [-0.4, -0.2) is 11.9 Å². The first-order valence-corrected chi connectivity index (χ1v) is 5.91. The third kappa shape index (κ3) is 1.53. The van der Waals surface area contributed by atoms with Crippen molar-refractivity contribution in [2.75, 3.05) is 0 Å². The van der Waals surface area contributed by atoms with Gasteiger partial charge in [-0.15, -0.1) is 0 Å². The smallest absolute Gasteiger partial charge is 0.348 e. The van der Waals surface area contributed by atoms with Crippen molar-refractivity contribution < 1.29 is 14.3 Å². The maximum Gasteiger partial charge on any atom is 0.348 e. The number of esters is 2. The number of fused-ring (bicyclic) bond motifs is 1. The van der Waals surface area contributed by atoms with Gasteiger partial charge in [-0.25, -0.2) is 9.59 Å². The molecule has 15 heavy (non-hydrogen) atoms. The fourth-order valence-corrected chi connectivity index (χ4v) is 2.92. The van der Waals surface area contributed by atoms with Gasteiger partial charge in [0.2, 0.25) is 0 Å². The lowest BCUT2D eigenvalue weighted by Gasteiger charge is -2.05. The molecule has 0 bridgehead atoms. The third-order valence-corrected chi connectivity index (χ3v) is 4.76. The van der Waals surface area contributed by atoms with E-state index in [1.54, 1.807) is 0 Å². The van der Waals surface area contributed by atoms with E-state index in [1.807, 2.05) is 0 Å². The van der Waals surface area contributed by atoms with Gasteiger partial charge < -0.3 is 4.74 Å². The summed E-state index contributed by atoms with van der Waals surface area (Å²) in [7, 11) is 0. The van der Waals surface area contributed by atoms with E-state index in [4.69, 9.17) is 23.2 Å². The highest BCUT2D eigenvalue weighted by molar-refractivity contribution is 9.11. The van der Waals surface area contributed by atoms with Crippen molar-refractivity contribution in [1.29, 1.82) is 0 Å². The molecular formula is C8Br2Cl2O3. The van der Waals surface area contributed by atoms with Crippen LogP contribution < -0.4 is 0 Å². The zero-order valence-corrected chi connectivity index (χ0v) is 11.4. The summed E-state index contributed by atoms with van der Waals surface area (Å²) in [6.45, 7) is 0. The molecule has 3 nitrogen and oxygen atoms in total. The second kappa shape index (κ2) is 3.73. The molecule has 0 aromatic heterocycles. The minimum Gasteiger partial charge on any atom is -0.386 e. The summed E-state index contributed by atoms with van der Waals surface area (Å²) in [5.74, 6) is -1.47. The maximum absolute atomic E-state index is 11.3. The monoisotopic (exact) mass is 372 g/mol. The Kier molecular flexibility index (Phi) is 2.83. The molecule has 7 heteroatoms. The van der Waals surface area contributed by atoms with Crippen molar-refractivity contribution in [3.63, 3.8) is 0 Å². The van der Waals surface area contributed by atoms with Gasteiger partial charge in [0.15, 0.2) is 0 Å². The van der Waals surface area contributed by atoms with Crippen LogP contribution in [0.4, 0.5) is 0 Å². The van der Waals surface area contributed by atoms with E-state index < -0.39 is 11.9 Å². The number of halogens is 4. The first-order chi connectivity index (χ1) is 6.95. The molecule has 1 aliphatic rings. The molecule has 1 heterocycles. The van der Waals surface area contributed by atoms with Gasteiger partial charge in [-0.05, 0) is 31.9 Å². The van der Waals surface area contributed by atoms with Gasteiger partial charge in [-0.2, -0.15) is 0 Å². The molecule has 0 fully saturated rings. The molecule has 1 aliphatic heterocycles. The standard InChI is InChI=1S/C8Br2Cl2O3/c9-3-1-2(8(14)15-7(1)13)4(10)6(12)5(3)11. The lowest BCUT2D eigenvalue weighted by atomic mass is 10.1. The largest absolute Gasteiger partial charge is 0.386 e. The quantitative estimate of drug-likeness (QED) is 0.300. The Labute approximate surface area is 111 Å². The van der Waals surface area contributed by atoms with Gasteiger partial charge in [-0.3, -0.25) is 0 Å². The molecule has 0 saturated heterocycles. The Morgan fingerprint density at radius 1 is 0.867 bits per heavy atom. The fraction of sp³-hybridized carbons (Fsp3) is 0. The number of hydrogen-bond acceptors (Lipinski definition) is 3. The Balaban J connectivity index is 2.92. The topological polar surface area (TPSA) is 43.4 Å². The van der Waals surface area contributed by atoms with Gasteiger partial charge in [0, 0.05) is 0 Å².